The Morgan fingerprint density at radius 2 is 2.17 bits per heavy atom. The lowest BCUT2D eigenvalue weighted by Gasteiger charge is -2.41. The average molecular weight is 329 g/mol. The Bertz CT molecular complexity index is 737. The van der Waals surface area contributed by atoms with Crippen LogP contribution < -0.4 is 4.74 Å². The third-order valence-electron chi connectivity index (χ3n) is 4.17. The second-order valence-electron chi connectivity index (χ2n) is 5.72. The number of ketones is 1. The number of hydrogen-bond donors (Lipinski definition) is 0. The smallest absolute Gasteiger partial charge is 0.227 e. The van der Waals surface area contributed by atoms with Gasteiger partial charge in [-0.2, -0.15) is 0 Å². The molecule has 120 valence electrons. The van der Waals surface area contributed by atoms with Gasteiger partial charge in [-0.1, -0.05) is 12.1 Å². The van der Waals surface area contributed by atoms with Crippen molar-refractivity contribution >= 4 is 23.0 Å². The van der Waals surface area contributed by atoms with Crippen LogP contribution in [0.5, 0.6) is 5.75 Å². The van der Waals surface area contributed by atoms with E-state index < -0.39 is 0 Å². The number of benzene rings is 1. The number of thiophene rings is 1. The fourth-order valence-electron chi connectivity index (χ4n) is 2.81. The summed E-state index contributed by atoms with van der Waals surface area (Å²) in [5.41, 5.74) is 2.03. The Morgan fingerprint density at radius 3 is 2.78 bits per heavy atom. The highest BCUT2D eigenvalue weighted by molar-refractivity contribution is 7.12. The van der Waals surface area contributed by atoms with Gasteiger partial charge in [0, 0.05) is 6.54 Å². The van der Waals surface area contributed by atoms with Crippen LogP contribution in [0.4, 0.5) is 0 Å². The molecule has 0 N–H and O–H groups in total. The van der Waals surface area contributed by atoms with E-state index in [1.807, 2.05) is 40.6 Å². The molecule has 3 rings (SSSR count). The first kappa shape index (κ1) is 15.7. The van der Waals surface area contributed by atoms with Crippen LogP contribution in [0.25, 0.3) is 0 Å². The van der Waals surface area contributed by atoms with Crippen LogP contribution in [-0.2, 0) is 11.2 Å². The maximum absolute atomic E-state index is 12.5. The Morgan fingerprint density at radius 1 is 1.35 bits per heavy atom. The summed E-state index contributed by atoms with van der Waals surface area (Å²) in [7, 11) is 1.64. The van der Waals surface area contributed by atoms with E-state index in [1.54, 1.807) is 14.0 Å². The summed E-state index contributed by atoms with van der Waals surface area (Å²) in [6, 6.07) is 9.83. The summed E-state index contributed by atoms with van der Waals surface area (Å²) >= 11 is 1.40. The highest BCUT2D eigenvalue weighted by Gasteiger charge is 2.33. The first-order valence-electron chi connectivity index (χ1n) is 7.60. The molecule has 1 amide bonds. The van der Waals surface area contributed by atoms with Crippen molar-refractivity contribution < 1.29 is 14.3 Å². The largest absolute Gasteiger partial charge is 0.497 e. The van der Waals surface area contributed by atoms with Gasteiger partial charge < -0.3 is 9.64 Å². The van der Waals surface area contributed by atoms with Gasteiger partial charge in [0.25, 0.3) is 0 Å². The van der Waals surface area contributed by atoms with Gasteiger partial charge in [0.2, 0.25) is 5.91 Å². The molecule has 1 aliphatic rings. The molecule has 2 aromatic rings. The van der Waals surface area contributed by atoms with Crippen LogP contribution in [-0.4, -0.2) is 30.2 Å². The van der Waals surface area contributed by atoms with Crippen molar-refractivity contribution in [2.45, 2.75) is 25.8 Å². The van der Waals surface area contributed by atoms with Gasteiger partial charge >= 0.3 is 0 Å². The molecular weight excluding hydrogens is 310 g/mol. The van der Waals surface area contributed by atoms with Crippen LogP contribution in [0.3, 0.4) is 0 Å². The number of Topliss-reactive ketones (excluding diaryl/α,β-unsaturated/α-hetero) is 1. The summed E-state index contributed by atoms with van der Waals surface area (Å²) in [4.78, 5) is 26.5. The second kappa shape index (κ2) is 6.54. The summed E-state index contributed by atoms with van der Waals surface area (Å²) in [6.07, 6.45) is 1.32. The van der Waals surface area contributed by atoms with Gasteiger partial charge in [-0.3, -0.25) is 9.59 Å². The molecule has 1 atom stereocenters. The minimum absolute atomic E-state index is 0.0481. The van der Waals surface area contributed by atoms with E-state index in [2.05, 4.69) is 0 Å². The fraction of sp³-hybridized carbons (Fsp3) is 0.333. The van der Waals surface area contributed by atoms with E-state index in [-0.39, 0.29) is 17.7 Å². The van der Waals surface area contributed by atoms with Crippen molar-refractivity contribution in [2.75, 3.05) is 13.7 Å². The molecule has 5 heteroatoms. The molecule has 0 radical (unpaired) electrons. The first-order chi connectivity index (χ1) is 11.1. The van der Waals surface area contributed by atoms with Crippen LogP contribution in [0.15, 0.2) is 35.7 Å². The zero-order valence-electron chi connectivity index (χ0n) is 13.2. The second-order valence-corrected chi connectivity index (χ2v) is 6.63. The normalized spacial score (nSPS) is 16.8. The summed E-state index contributed by atoms with van der Waals surface area (Å²) < 4.78 is 5.26. The quantitative estimate of drug-likeness (QED) is 0.789. The van der Waals surface area contributed by atoms with E-state index in [4.69, 9.17) is 4.74 Å². The monoisotopic (exact) mass is 329 g/mol. The van der Waals surface area contributed by atoms with E-state index >= 15 is 0 Å². The van der Waals surface area contributed by atoms with Gasteiger partial charge in [-0.05, 0) is 48.1 Å². The molecule has 1 fully saturated rings. The number of likely N-dealkylation sites (tertiary alicyclic amines) is 1. The Labute approximate surface area is 139 Å². The van der Waals surface area contributed by atoms with Crippen molar-refractivity contribution in [3.05, 3.63) is 51.7 Å². The minimum atomic E-state index is 0.0481. The van der Waals surface area contributed by atoms with Crippen molar-refractivity contribution in [1.82, 2.24) is 4.90 Å². The third-order valence-corrected chi connectivity index (χ3v) is 5.25. The number of amides is 1. The SMILES string of the molecule is COc1cccc(C2CCN2C(=O)Cc2csc(C(C)=O)c2)c1. The fourth-order valence-corrected chi connectivity index (χ4v) is 3.63. The molecule has 0 spiro atoms. The van der Waals surface area contributed by atoms with Crippen molar-refractivity contribution in [1.29, 1.82) is 0 Å². The number of methoxy groups -OCH3 is 1. The van der Waals surface area contributed by atoms with Gasteiger partial charge in [-0.15, -0.1) is 11.3 Å². The predicted octanol–water partition coefficient (Wildman–Crippen LogP) is 3.48. The highest BCUT2D eigenvalue weighted by atomic mass is 32.1. The molecule has 1 aromatic carbocycles. The summed E-state index contributed by atoms with van der Waals surface area (Å²) in [5, 5.41) is 1.90. The van der Waals surface area contributed by atoms with E-state index in [0.29, 0.717) is 11.3 Å². The van der Waals surface area contributed by atoms with Crippen LogP contribution in [0.1, 0.15) is 40.2 Å². The van der Waals surface area contributed by atoms with Crippen LogP contribution >= 0.6 is 11.3 Å². The maximum atomic E-state index is 12.5. The average Bonchev–Trinajstić information content (AvgIpc) is 2.95. The van der Waals surface area contributed by atoms with E-state index in [1.165, 1.54) is 11.3 Å². The molecular formula is C18H19NO3S. The minimum Gasteiger partial charge on any atom is -0.497 e. The summed E-state index contributed by atoms with van der Waals surface area (Å²) in [6.45, 7) is 2.33. The van der Waals surface area contributed by atoms with Crippen LogP contribution in [0, 0.1) is 0 Å². The number of carbonyl (C=O) groups is 2. The number of carbonyl (C=O) groups excluding carboxylic acids is 2. The lowest BCUT2D eigenvalue weighted by atomic mass is 9.93. The van der Waals surface area contributed by atoms with E-state index in [9.17, 15) is 9.59 Å². The van der Waals surface area contributed by atoms with Crippen molar-refractivity contribution in [3.8, 4) is 5.75 Å². The number of nitrogens with zero attached hydrogens (tertiary/aromatic N) is 1. The molecule has 1 unspecified atom stereocenters. The molecule has 1 aromatic heterocycles. The topological polar surface area (TPSA) is 46.6 Å². The van der Waals surface area contributed by atoms with Crippen molar-refractivity contribution in [3.63, 3.8) is 0 Å². The van der Waals surface area contributed by atoms with Gasteiger partial charge in [0.1, 0.15) is 5.75 Å². The number of hydrogen-bond acceptors (Lipinski definition) is 4. The first-order valence-corrected chi connectivity index (χ1v) is 8.48. The third kappa shape index (κ3) is 3.29. The molecule has 23 heavy (non-hydrogen) atoms. The summed E-state index contributed by atoms with van der Waals surface area (Å²) in [5.74, 6) is 0.967. The predicted molar refractivity (Wildman–Crippen MR) is 90.1 cm³/mol. The maximum Gasteiger partial charge on any atom is 0.227 e. The highest BCUT2D eigenvalue weighted by Crippen LogP contribution is 2.35. The van der Waals surface area contributed by atoms with E-state index in [0.717, 1.165) is 29.8 Å². The van der Waals surface area contributed by atoms with Gasteiger partial charge in [0.05, 0.1) is 24.4 Å². The zero-order valence-corrected chi connectivity index (χ0v) is 14.1. The van der Waals surface area contributed by atoms with Crippen LogP contribution in [0.2, 0.25) is 0 Å². The zero-order chi connectivity index (χ0) is 16.4. The standard InChI is InChI=1S/C18H19NO3S/c1-12(20)17-8-13(11-23-17)9-18(21)19-7-6-16(19)14-4-3-5-15(10-14)22-2/h3-5,8,10-11,16H,6-7,9H2,1-2H3. The Kier molecular flexibility index (Phi) is 4.48. The molecule has 2 heterocycles. The molecule has 4 nitrogen and oxygen atoms in total. The lowest BCUT2D eigenvalue weighted by Crippen LogP contribution is -2.45. The Hall–Kier alpha value is -2.14. The number of rotatable bonds is 5. The molecule has 0 bridgehead atoms. The molecule has 0 aliphatic carbocycles. The molecule has 1 saturated heterocycles. The molecule has 0 saturated carbocycles. The van der Waals surface area contributed by atoms with Gasteiger partial charge in [-0.25, -0.2) is 0 Å². The van der Waals surface area contributed by atoms with Crippen molar-refractivity contribution in [2.24, 2.45) is 0 Å². The Balaban J connectivity index is 1.68. The number of ether oxygens (including phenoxy) is 1. The molecule has 1 aliphatic heterocycles. The lowest BCUT2D eigenvalue weighted by molar-refractivity contribution is -0.138. The van der Waals surface area contributed by atoms with Gasteiger partial charge in [0.15, 0.2) is 5.78 Å².